The van der Waals surface area contributed by atoms with E-state index in [-0.39, 0.29) is 18.5 Å². The summed E-state index contributed by atoms with van der Waals surface area (Å²) in [5.41, 5.74) is -1.05. The molecule has 1 unspecified atom stereocenters. The Kier molecular flexibility index (Phi) is 5.83. The van der Waals surface area contributed by atoms with Crippen LogP contribution in [0.2, 0.25) is 0 Å². The molecule has 162 valence electrons. The van der Waals surface area contributed by atoms with Crippen LogP contribution in [0.1, 0.15) is 23.2 Å². The first-order valence-corrected chi connectivity index (χ1v) is 10.0. The molecule has 0 spiro atoms. The first-order valence-electron chi connectivity index (χ1n) is 8.53. The van der Waals surface area contributed by atoms with E-state index in [0.717, 1.165) is 6.07 Å². The van der Waals surface area contributed by atoms with Crippen LogP contribution in [0.3, 0.4) is 0 Å². The fraction of sp³-hybridized carbons (Fsp3) is 0.278. The Bertz CT molecular complexity index is 1080. The minimum Gasteiger partial charge on any atom is -0.322 e. The summed E-state index contributed by atoms with van der Waals surface area (Å²) in [6.07, 6.45) is -4.41. The number of sulfonamides is 1. The minimum absolute atomic E-state index is 0.206. The highest BCUT2D eigenvalue weighted by Crippen LogP contribution is 2.40. The van der Waals surface area contributed by atoms with E-state index < -0.39 is 62.0 Å². The summed E-state index contributed by atoms with van der Waals surface area (Å²) in [6, 6.07) is 1.90. The molecule has 0 heterocycles. The van der Waals surface area contributed by atoms with E-state index in [1.165, 1.54) is 0 Å². The topological polar surface area (TPSA) is 75.3 Å². The molecule has 0 radical (unpaired) electrons. The van der Waals surface area contributed by atoms with Gasteiger partial charge in [0.15, 0.2) is 11.6 Å². The van der Waals surface area contributed by atoms with Crippen molar-refractivity contribution in [1.82, 2.24) is 4.72 Å². The van der Waals surface area contributed by atoms with Crippen LogP contribution in [-0.2, 0) is 10.0 Å². The van der Waals surface area contributed by atoms with Crippen molar-refractivity contribution in [3.8, 4) is 0 Å². The van der Waals surface area contributed by atoms with Crippen LogP contribution in [0.4, 0.5) is 32.0 Å². The van der Waals surface area contributed by atoms with Crippen LogP contribution < -0.4 is 10.0 Å². The van der Waals surface area contributed by atoms with Gasteiger partial charge in [-0.15, -0.1) is 0 Å². The van der Waals surface area contributed by atoms with E-state index in [1.807, 2.05) is 0 Å². The number of hydrogen-bond donors (Lipinski definition) is 2. The number of benzene rings is 2. The van der Waals surface area contributed by atoms with Gasteiger partial charge in [-0.1, -0.05) is 0 Å². The average Bonchev–Trinajstić information content (AvgIpc) is 3.47. The zero-order valence-corrected chi connectivity index (χ0v) is 15.8. The standard InChI is InChI=1S/C18H14F6N2O3S/c19-13-6-4-11(30(28,29)26-16(9-1-2-9)18(22,23)24)8-12(13)17(27)25-10-3-5-14(20)15(21)7-10/h3-9,16,26H,1-2H2,(H,25,27). The third-order valence-electron chi connectivity index (χ3n) is 4.40. The molecule has 0 aliphatic heterocycles. The number of halogens is 6. The second kappa shape index (κ2) is 7.91. The first-order chi connectivity index (χ1) is 13.9. The average molecular weight is 452 g/mol. The van der Waals surface area contributed by atoms with Gasteiger partial charge in [-0.05, 0) is 49.1 Å². The van der Waals surface area contributed by atoms with E-state index in [2.05, 4.69) is 5.32 Å². The maximum Gasteiger partial charge on any atom is 0.405 e. The lowest BCUT2D eigenvalue weighted by Gasteiger charge is -2.21. The van der Waals surface area contributed by atoms with Crippen LogP contribution in [0.5, 0.6) is 0 Å². The van der Waals surface area contributed by atoms with E-state index in [9.17, 15) is 39.6 Å². The summed E-state index contributed by atoms with van der Waals surface area (Å²) in [4.78, 5) is 11.5. The van der Waals surface area contributed by atoms with Crippen LogP contribution in [-0.4, -0.2) is 26.5 Å². The molecule has 1 amide bonds. The van der Waals surface area contributed by atoms with Crippen molar-refractivity contribution in [2.24, 2.45) is 5.92 Å². The lowest BCUT2D eigenvalue weighted by atomic mass is 10.2. The Hall–Kier alpha value is -2.60. The molecule has 0 saturated heterocycles. The Balaban J connectivity index is 1.86. The van der Waals surface area contributed by atoms with Crippen molar-refractivity contribution in [3.05, 3.63) is 59.4 Å². The van der Waals surface area contributed by atoms with Crippen molar-refractivity contribution in [3.63, 3.8) is 0 Å². The predicted molar refractivity (Wildman–Crippen MR) is 93.6 cm³/mol. The maximum absolute atomic E-state index is 14.1. The third-order valence-corrected chi connectivity index (χ3v) is 5.84. The molecule has 30 heavy (non-hydrogen) atoms. The molecule has 1 aliphatic carbocycles. The molecule has 5 nitrogen and oxygen atoms in total. The molecule has 2 N–H and O–H groups in total. The Morgan fingerprint density at radius 2 is 1.60 bits per heavy atom. The molecule has 1 atom stereocenters. The fourth-order valence-electron chi connectivity index (χ4n) is 2.71. The number of amides is 1. The van der Waals surface area contributed by atoms with Gasteiger partial charge in [0.05, 0.1) is 10.5 Å². The van der Waals surface area contributed by atoms with Crippen molar-refractivity contribution < 1.29 is 39.6 Å². The molecule has 3 rings (SSSR count). The molecular weight excluding hydrogens is 438 g/mol. The predicted octanol–water partition coefficient (Wildman–Crippen LogP) is 3.98. The summed E-state index contributed by atoms with van der Waals surface area (Å²) in [5, 5.41) is 2.06. The van der Waals surface area contributed by atoms with Gasteiger partial charge >= 0.3 is 6.18 Å². The number of hydrogen-bond acceptors (Lipinski definition) is 3. The van der Waals surface area contributed by atoms with Crippen LogP contribution >= 0.6 is 0 Å². The maximum atomic E-state index is 14.1. The Labute approximate surface area is 167 Å². The fourth-order valence-corrected chi connectivity index (χ4v) is 4.03. The van der Waals surface area contributed by atoms with Crippen molar-refractivity contribution in [1.29, 1.82) is 0 Å². The van der Waals surface area contributed by atoms with Gasteiger partial charge in [0.2, 0.25) is 10.0 Å². The van der Waals surface area contributed by atoms with E-state index in [4.69, 9.17) is 0 Å². The summed E-state index contributed by atoms with van der Waals surface area (Å²) < 4.78 is 106. The van der Waals surface area contributed by atoms with Gasteiger partial charge in [-0.25, -0.2) is 21.6 Å². The van der Waals surface area contributed by atoms with E-state index in [0.29, 0.717) is 30.3 Å². The SMILES string of the molecule is O=C(Nc1ccc(F)c(F)c1)c1cc(S(=O)(=O)NC(C2CC2)C(F)(F)F)ccc1F. The van der Waals surface area contributed by atoms with Crippen LogP contribution in [0.25, 0.3) is 0 Å². The monoisotopic (exact) mass is 452 g/mol. The number of anilines is 1. The Morgan fingerprint density at radius 3 is 2.17 bits per heavy atom. The van der Waals surface area contributed by atoms with E-state index >= 15 is 0 Å². The number of nitrogens with one attached hydrogen (secondary N) is 2. The first kappa shape index (κ1) is 22.1. The highest BCUT2D eigenvalue weighted by atomic mass is 32.2. The molecule has 12 heteroatoms. The second-order valence-corrected chi connectivity index (χ2v) is 8.42. The van der Waals surface area contributed by atoms with Gasteiger partial charge in [0.1, 0.15) is 11.9 Å². The van der Waals surface area contributed by atoms with Gasteiger partial charge in [-0.2, -0.15) is 17.9 Å². The largest absolute Gasteiger partial charge is 0.405 e. The lowest BCUT2D eigenvalue weighted by molar-refractivity contribution is -0.155. The summed E-state index contributed by atoms with van der Waals surface area (Å²) in [7, 11) is -4.73. The normalized spacial score (nSPS) is 15.7. The molecule has 1 fully saturated rings. The summed E-state index contributed by atoms with van der Waals surface area (Å²) in [6.45, 7) is 0. The van der Waals surface area contributed by atoms with Gasteiger partial charge in [0.25, 0.3) is 5.91 Å². The third kappa shape index (κ3) is 4.93. The molecule has 0 aromatic heterocycles. The molecular formula is C18H14F6N2O3S. The summed E-state index contributed by atoms with van der Waals surface area (Å²) in [5.74, 6) is -5.73. The molecule has 1 saturated carbocycles. The highest BCUT2D eigenvalue weighted by Gasteiger charge is 2.50. The molecule has 2 aromatic carbocycles. The number of carbonyl (C=O) groups is 1. The smallest absolute Gasteiger partial charge is 0.322 e. The van der Waals surface area contributed by atoms with Crippen molar-refractivity contribution >= 4 is 21.6 Å². The molecule has 0 bridgehead atoms. The quantitative estimate of drug-likeness (QED) is 0.652. The van der Waals surface area contributed by atoms with Gasteiger partial charge in [-0.3, -0.25) is 4.79 Å². The molecule has 1 aliphatic rings. The van der Waals surface area contributed by atoms with Crippen LogP contribution in [0.15, 0.2) is 41.3 Å². The molecule has 2 aromatic rings. The van der Waals surface area contributed by atoms with E-state index in [1.54, 1.807) is 4.72 Å². The Morgan fingerprint density at radius 1 is 0.967 bits per heavy atom. The zero-order valence-electron chi connectivity index (χ0n) is 14.9. The summed E-state index contributed by atoms with van der Waals surface area (Å²) >= 11 is 0. The zero-order chi connectivity index (χ0) is 22.3. The van der Waals surface area contributed by atoms with Crippen molar-refractivity contribution in [2.75, 3.05) is 5.32 Å². The van der Waals surface area contributed by atoms with Crippen LogP contribution in [0, 0.1) is 23.4 Å². The van der Waals surface area contributed by atoms with Gasteiger partial charge < -0.3 is 5.32 Å². The lowest BCUT2D eigenvalue weighted by Crippen LogP contribution is -2.46. The van der Waals surface area contributed by atoms with Gasteiger partial charge in [0, 0.05) is 11.8 Å². The highest BCUT2D eigenvalue weighted by molar-refractivity contribution is 7.89. The number of rotatable bonds is 6. The van der Waals surface area contributed by atoms with Crippen molar-refractivity contribution in [2.45, 2.75) is 30.0 Å². The second-order valence-electron chi connectivity index (χ2n) is 6.70. The minimum atomic E-state index is -4.82. The number of alkyl halides is 3. The number of carbonyl (C=O) groups excluding carboxylic acids is 1.